The summed E-state index contributed by atoms with van der Waals surface area (Å²) >= 11 is 1.35. The summed E-state index contributed by atoms with van der Waals surface area (Å²) in [7, 11) is 0. The highest BCUT2D eigenvalue weighted by Gasteiger charge is 2.45. The third-order valence-electron chi connectivity index (χ3n) is 5.78. The molecule has 160 valence electrons. The van der Waals surface area contributed by atoms with Crippen molar-refractivity contribution in [2.24, 2.45) is 5.92 Å². The molecule has 1 aliphatic carbocycles. The van der Waals surface area contributed by atoms with Crippen LogP contribution in [0.3, 0.4) is 0 Å². The van der Waals surface area contributed by atoms with Gasteiger partial charge in [-0.1, -0.05) is 0 Å². The summed E-state index contributed by atoms with van der Waals surface area (Å²) < 4.78 is 31.2. The second-order valence-corrected chi connectivity index (χ2v) is 9.28. The van der Waals surface area contributed by atoms with Crippen LogP contribution in [0.1, 0.15) is 36.9 Å². The molecule has 3 heterocycles. The first-order valence-electron chi connectivity index (χ1n) is 10.1. The van der Waals surface area contributed by atoms with E-state index in [1.807, 2.05) is 19.9 Å². The number of hydrogen-bond donors (Lipinski definition) is 2. The van der Waals surface area contributed by atoms with E-state index in [1.165, 1.54) is 11.5 Å². The van der Waals surface area contributed by atoms with E-state index in [0.717, 1.165) is 22.1 Å². The Bertz CT molecular complexity index is 949. The zero-order chi connectivity index (χ0) is 21.4. The Morgan fingerprint density at radius 1 is 1.37 bits per heavy atom. The number of nitrogens with zero attached hydrogens (tertiary/aromatic N) is 5. The van der Waals surface area contributed by atoms with Gasteiger partial charge in [0.1, 0.15) is 10.8 Å². The lowest BCUT2D eigenvalue weighted by Gasteiger charge is -2.51. The lowest BCUT2D eigenvalue weighted by atomic mass is 9.85. The SMILES string of the molecule is Cc1cc(Nc2ncc(C)c(N3CC(CC#N)(NC[C@H]4CCC(F)(F)C4)C3)n2)sn1. The van der Waals surface area contributed by atoms with Crippen LogP contribution in [0, 0.1) is 31.1 Å². The van der Waals surface area contributed by atoms with Crippen molar-refractivity contribution in [3.63, 3.8) is 0 Å². The maximum atomic E-state index is 13.5. The van der Waals surface area contributed by atoms with Gasteiger partial charge in [0.25, 0.3) is 0 Å². The smallest absolute Gasteiger partial charge is 0.248 e. The second-order valence-electron chi connectivity index (χ2n) is 8.47. The van der Waals surface area contributed by atoms with E-state index >= 15 is 0 Å². The van der Waals surface area contributed by atoms with E-state index < -0.39 is 5.92 Å². The van der Waals surface area contributed by atoms with Crippen molar-refractivity contribution in [3.8, 4) is 6.07 Å². The van der Waals surface area contributed by atoms with Crippen LogP contribution in [0.25, 0.3) is 0 Å². The molecule has 1 saturated heterocycles. The fourth-order valence-corrected chi connectivity index (χ4v) is 4.85. The lowest BCUT2D eigenvalue weighted by Crippen LogP contribution is -2.70. The van der Waals surface area contributed by atoms with Crippen molar-refractivity contribution >= 4 is 28.3 Å². The molecule has 2 fully saturated rings. The Morgan fingerprint density at radius 2 is 2.17 bits per heavy atom. The number of alkyl halides is 2. The van der Waals surface area contributed by atoms with Gasteiger partial charge in [0.15, 0.2) is 0 Å². The molecule has 4 rings (SSSR count). The van der Waals surface area contributed by atoms with Gasteiger partial charge in [-0.05, 0) is 50.3 Å². The van der Waals surface area contributed by atoms with E-state index in [-0.39, 0.29) is 24.3 Å². The minimum atomic E-state index is -2.54. The first-order valence-corrected chi connectivity index (χ1v) is 10.8. The molecule has 0 radical (unpaired) electrons. The van der Waals surface area contributed by atoms with E-state index in [0.29, 0.717) is 38.4 Å². The highest BCUT2D eigenvalue weighted by molar-refractivity contribution is 7.10. The average Bonchev–Trinajstić information content (AvgIpc) is 3.23. The van der Waals surface area contributed by atoms with Crippen LogP contribution < -0.4 is 15.5 Å². The molecule has 30 heavy (non-hydrogen) atoms. The van der Waals surface area contributed by atoms with Crippen molar-refractivity contribution in [1.29, 1.82) is 5.26 Å². The molecule has 0 spiro atoms. The third kappa shape index (κ3) is 4.52. The van der Waals surface area contributed by atoms with Crippen molar-refractivity contribution in [2.45, 2.75) is 51.0 Å². The Balaban J connectivity index is 1.40. The molecule has 7 nitrogen and oxygen atoms in total. The summed E-state index contributed by atoms with van der Waals surface area (Å²) in [4.78, 5) is 11.1. The molecule has 0 unspecified atom stereocenters. The van der Waals surface area contributed by atoms with E-state index in [9.17, 15) is 14.0 Å². The van der Waals surface area contributed by atoms with Gasteiger partial charge in [-0.2, -0.15) is 14.6 Å². The predicted molar refractivity (Wildman–Crippen MR) is 112 cm³/mol. The van der Waals surface area contributed by atoms with Gasteiger partial charge < -0.3 is 15.5 Å². The highest BCUT2D eigenvalue weighted by Crippen LogP contribution is 2.39. The van der Waals surface area contributed by atoms with E-state index in [4.69, 9.17) is 0 Å². The van der Waals surface area contributed by atoms with Crippen molar-refractivity contribution in [1.82, 2.24) is 19.7 Å². The fraction of sp³-hybridized carbons (Fsp3) is 0.600. The summed E-state index contributed by atoms with van der Waals surface area (Å²) in [6, 6.07) is 4.18. The normalized spacial score (nSPS) is 21.8. The second kappa shape index (κ2) is 8.04. The highest BCUT2D eigenvalue weighted by atomic mass is 32.1. The minimum absolute atomic E-state index is 0.0358. The zero-order valence-electron chi connectivity index (χ0n) is 17.1. The number of nitriles is 1. The molecule has 2 N–H and O–H groups in total. The molecular weight excluding hydrogens is 408 g/mol. The topological polar surface area (TPSA) is 89.8 Å². The number of anilines is 3. The van der Waals surface area contributed by atoms with Crippen LogP contribution in [0.2, 0.25) is 0 Å². The van der Waals surface area contributed by atoms with Gasteiger partial charge in [0.05, 0.1) is 23.7 Å². The van der Waals surface area contributed by atoms with Gasteiger partial charge in [-0.25, -0.2) is 13.8 Å². The number of rotatable bonds is 7. The molecule has 1 atom stereocenters. The van der Waals surface area contributed by atoms with Crippen molar-refractivity contribution < 1.29 is 8.78 Å². The molecule has 0 amide bonds. The monoisotopic (exact) mass is 433 g/mol. The largest absolute Gasteiger partial charge is 0.352 e. The van der Waals surface area contributed by atoms with Crippen LogP contribution >= 0.6 is 11.5 Å². The third-order valence-corrected chi connectivity index (χ3v) is 6.58. The van der Waals surface area contributed by atoms with Gasteiger partial charge in [-0.3, -0.25) is 0 Å². The number of hydrogen-bond acceptors (Lipinski definition) is 8. The van der Waals surface area contributed by atoms with Gasteiger partial charge >= 0.3 is 0 Å². The van der Waals surface area contributed by atoms with Crippen LogP contribution in [0.15, 0.2) is 12.3 Å². The van der Waals surface area contributed by atoms with E-state index in [1.54, 1.807) is 6.20 Å². The molecule has 2 aromatic rings. The standard InChI is InChI=1S/C20H25F2N7S/c1-13-9-24-18(26-16-7-14(2)28-30-16)27-17(13)29-11-19(12-29,5-6-23)25-10-15-3-4-20(21,22)8-15/h7,9,15,25H,3-5,8,10-12H2,1-2H3,(H,24,26,27)/t15-/m0/s1. The number of halogens is 2. The summed E-state index contributed by atoms with van der Waals surface area (Å²) in [6.45, 7) is 5.62. The molecule has 0 aromatic carbocycles. The maximum absolute atomic E-state index is 13.5. The maximum Gasteiger partial charge on any atom is 0.248 e. The Morgan fingerprint density at radius 3 is 2.80 bits per heavy atom. The van der Waals surface area contributed by atoms with Crippen LogP contribution in [-0.2, 0) is 0 Å². The number of aromatic nitrogens is 3. The summed E-state index contributed by atoms with van der Waals surface area (Å²) in [6.07, 6.45) is 2.54. The van der Waals surface area contributed by atoms with Gasteiger partial charge in [-0.15, -0.1) is 0 Å². The van der Waals surface area contributed by atoms with Crippen molar-refractivity contribution in [3.05, 3.63) is 23.5 Å². The minimum Gasteiger partial charge on any atom is -0.352 e. The zero-order valence-corrected chi connectivity index (χ0v) is 17.9. The summed E-state index contributed by atoms with van der Waals surface area (Å²) in [5.74, 6) is -1.27. The van der Waals surface area contributed by atoms with Gasteiger partial charge in [0.2, 0.25) is 11.9 Å². The molecule has 0 bridgehead atoms. The molecule has 2 aromatic heterocycles. The fourth-order valence-electron chi connectivity index (χ4n) is 4.19. The molecule has 2 aliphatic rings. The van der Waals surface area contributed by atoms with Crippen LogP contribution in [0.4, 0.5) is 25.5 Å². The van der Waals surface area contributed by atoms with Gasteiger partial charge in [0, 0.05) is 37.7 Å². The number of aryl methyl sites for hydroxylation is 2. The Hall–Kier alpha value is -2.38. The quantitative estimate of drug-likeness (QED) is 0.687. The Kier molecular flexibility index (Phi) is 5.59. The first-order chi connectivity index (χ1) is 14.3. The average molecular weight is 434 g/mol. The van der Waals surface area contributed by atoms with Crippen molar-refractivity contribution in [2.75, 3.05) is 29.9 Å². The molecule has 1 aliphatic heterocycles. The predicted octanol–water partition coefficient (Wildman–Crippen LogP) is 3.79. The van der Waals surface area contributed by atoms with Crippen LogP contribution in [0.5, 0.6) is 0 Å². The van der Waals surface area contributed by atoms with Crippen LogP contribution in [-0.4, -0.2) is 45.4 Å². The number of nitrogens with one attached hydrogen (secondary N) is 2. The lowest BCUT2D eigenvalue weighted by molar-refractivity contribution is 0.00465. The molecule has 10 heteroatoms. The Labute approximate surface area is 178 Å². The summed E-state index contributed by atoms with van der Waals surface area (Å²) in [5, 5.41) is 16.8. The molecule has 1 saturated carbocycles. The summed E-state index contributed by atoms with van der Waals surface area (Å²) in [5.41, 5.74) is 1.50. The van der Waals surface area contributed by atoms with E-state index in [2.05, 4.69) is 35.9 Å². The first kappa shape index (κ1) is 20.9. The molecular formula is C20H25F2N7S.